The van der Waals surface area contributed by atoms with Gasteiger partial charge in [-0.3, -0.25) is 9.79 Å². The van der Waals surface area contributed by atoms with Crippen LogP contribution in [-0.4, -0.2) is 70.8 Å². The van der Waals surface area contributed by atoms with Gasteiger partial charge in [0.05, 0.1) is 4.90 Å². The van der Waals surface area contributed by atoms with E-state index in [1.165, 1.54) is 18.4 Å². The van der Waals surface area contributed by atoms with Crippen LogP contribution in [0.25, 0.3) is 0 Å². The molecule has 0 bridgehead atoms. The molecule has 0 unspecified atom stereocenters. The van der Waals surface area contributed by atoms with Gasteiger partial charge in [-0.05, 0) is 36.5 Å². The topological polar surface area (TPSA) is 94.1 Å². The van der Waals surface area contributed by atoms with Gasteiger partial charge in [0.25, 0.3) is 0 Å². The summed E-state index contributed by atoms with van der Waals surface area (Å²) in [6.07, 6.45) is 2.51. The molecule has 1 heterocycles. The first-order chi connectivity index (χ1) is 13.3. The SMILES string of the molecule is CN=C(NCc1ccc(S(=O)(=O)N(C)C)cc1)N1CCC(CC(=O)NC)CC1. The van der Waals surface area contributed by atoms with Gasteiger partial charge in [0.15, 0.2) is 5.96 Å². The lowest BCUT2D eigenvalue weighted by Gasteiger charge is -2.34. The van der Waals surface area contributed by atoms with E-state index in [0.29, 0.717) is 18.9 Å². The van der Waals surface area contributed by atoms with Crippen molar-refractivity contribution >= 4 is 21.9 Å². The average Bonchev–Trinajstić information content (AvgIpc) is 2.69. The summed E-state index contributed by atoms with van der Waals surface area (Å²) in [5.74, 6) is 1.34. The third-order valence-electron chi connectivity index (χ3n) is 5.03. The molecule has 0 atom stereocenters. The van der Waals surface area contributed by atoms with Crippen molar-refractivity contribution < 1.29 is 13.2 Å². The molecule has 0 spiro atoms. The second kappa shape index (κ2) is 9.88. The summed E-state index contributed by atoms with van der Waals surface area (Å²) in [5.41, 5.74) is 0.980. The number of aliphatic imine (C=N–C) groups is 1. The smallest absolute Gasteiger partial charge is 0.242 e. The molecule has 28 heavy (non-hydrogen) atoms. The summed E-state index contributed by atoms with van der Waals surface area (Å²) < 4.78 is 25.5. The molecular weight excluding hydrogens is 378 g/mol. The highest BCUT2D eigenvalue weighted by Crippen LogP contribution is 2.20. The number of carbonyl (C=O) groups is 1. The summed E-state index contributed by atoms with van der Waals surface area (Å²) in [6, 6.07) is 6.87. The predicted octanol–water partition coefficient (Wildman–Crippen LogP) is 0.860. The first-order valence-electron chi connectivity index (χ1n) is 9.45. The number of sulfonamides is 1. The van der Waals surface area contributed by atoms with E-state index in [-0.39, 0.29) is 10.8 Å². The van der Waals surface area contributed by atoms with Crippen LogP contribution < -0.4 is 10.6 Å². The lowest BCUT2D eigenvalue weighted by Crippen LogP contribution is -2.45. The van der Waals surface area contributed by atoms with E-state index in [9.17, 15) is 13.2 Å². The van der Waals surface area contributed by atoms with Gasteiger partial charge in [0.2, 0.25) is 15.9 Å². The Kier molecular flexibility index (Phi) is 7.82. The van der Waals surface area contributed by atoms with Crippen molar-refractivity contribution in [2.75, 3.05) is 41.3 Å². The Hall–Kier alpha value is -2.13. The normalized spacial score (nSPS) is 16.3. The van der Waals surface area contributed by atoms with E-state index in [4.69, 9.17) is 0 Å². The Balaban J connectivity index is 1.89. The van der Waals surface area contributed by atoms with Crippen molar-refractivity contribution in [3.05, 3.63) is 29.8 Å². The molecule has 9 heteroatoms. The number of likely N-dealkylation sites (tertiary alicyclic amines) is 1. The zero-order valence-corrected chi connectivity index (χ0v) is 17.9. The number of piperidine rings is 1. The molecule has 2 N–H and O–H groups in total. The summed E-state index contributed by atoms with van der Waals surface area (Å²) in [7, 11) is 3.06. The van der Waals surface area contributed by atoms with E-state index in [1.54, 1.807) is 26.2 Å². The van der Waals surface area contributed by atoms with E-state index in [1.807, 2.05) is 12.1 Å². The number of guanidine groups is 1. The first-order valence-corrected chi connectivity index (χ1v) is 10.9. The van der Waals surface area contributed by atoms with E-state index >= 15 is 0 Å². The monoisotopic (exact) mass is 409 g/mol. The first kappa shape index (κ1) is 22.2. The standard InChI is InChI=1S/C19H31N5O3S/c1-20-18(25)13-15-9-11-24(12-10-15)19(21-2)22-14-16-5-7-17(8-6-16)28(26,27)23(3)4/h5-8,15H,9-14H2,1-4H3,(H,20,25)(H,21,22). The largest absolute Gasteiger partial charge is 0.359 e. The molecule has 1 saturated heterocycles. The second-order valence-electron chi connectivity index (χ2n) is 7.14. The maximum Gasteiger partial charge on any atom is 0.242 e. The number of nitrogens with one attached hydrogen (secondary N) is 2. The van der Waals surface area contributed by atoms with Crippen molar-refractivity contribution in [2.24, 2.45) is 10.9 Å². The Morgan fingerprint density at radius 3 is 2.32 bits per heavy atom. The average molecular weight is 410 g/mol. The van der Waals surface area contributed by atoms with Gasteiger partial charge in [0.1, 0.15) is 0 Å². The predicted molar refractivity (Wildman–Crippen MR) is 110 cm³/mol. The number of amides is 1. The molecular formula is C19H31N5O3S. The second-order valence-corrected chi connectivity index (χ2v) is 9.29. The summed E-state index contributed by atoms with van der Waals surface area (Å²) in [5, 5.41) is 6.03. The highest BCUT2D eigenvalue weighted by Gasteiger charge is 2.23. The van der Waals surface area contributed by atoms with Crippen molar-refractivity contribution in [1.82, 2.24) is 19.8 Å². The minimum Gasteiger partial charge on any atom is -0.359 e. The molecule has 1 aliphatic rings. The summed E-state index contributed by atoms with van der Waals surface area (Å²) in [6.45, 7) is 2.29. The number of carbonyl (C=O) groups excluding carboxylic acids is 1. The minimum atomic E-state index is -3.41. The number of benzene rings is 1. The molecule has 1 aromatic rings. The molecule has 2 rings (SSSR count). The third-order valence-corrected chi connectivity index (χ3v) is 6.86. The van der Waals surface area contributed by atoms with Crippen LogP contribution >= 0.6 is 0 Å². The van der Waals surface area contributed by atoms with Gasteiger partial charge < -0.3 is 15.5 Å². The van der Waals surface area contributed by atoms with Crippen LogP contribution in [0.3, 0.4) is 0 Å². The van der Waals surface area contributed by atoms with Gasteiger partial charge >= 0.3 is 0 Å². The molecule has 1 fully saturated rings. The van der Waals surface area contributed by atoms with Gasteiger partial charge in [-0.15, -0.1) is 0 Å². The Bertz CT molecular complexity index is 782. The van der Waals surface area contributed by atoms with Gasteiger partial charge in [0, 0.05) is 54.2 Å². The molecule has 1 aliphatic heterocycles. The fourth-order valence-electron chi connectivity index (χ4n) is 3.22. The highest BCUT2D eigenvalue weighted by atomic mass is 32.2. The molecule has 1 aromatic carbocycles. The third kappa shape index (κ3) is 5.68. The minimum absolute atomic E-state index is 0.0979. The molecule has 0 aliphatic carbocycles. The van der Waals surface area contributed by atoms with Crippen LogP contribution in [0, 0.1) is 5.92 Å². The lowest BCUT2D eigenvalue weighted by atomic mass is 9.93. The lowest BCUT2D eigenvalue weighted by molar-refractivity contribution is -0.121. The number of rotatable bonds is 6. The van der Waals surface area contributed by atoms with Crippen molar-refractivity contribution in [3.8, 4) is 0 Å². The van der Waals surface area contributed by atoms with Crippen LogP contribution in [0.2, 0.25) is 0 Å². The molecule has 0 saturated carbocycles. The van der Waals surface area contributed by atoms with E-state index in [2.05, 4.69) is 20.5 Å². The molecule has 0 radical (unpaired) electrons. The van der Waals surface area contributed by atoms with Gasteiger partial charge in [-0.2, -0.15) is 0 Å². The summed E-state index contributed by atoms with van der Waals surface area (Å²) in [4.78, 5) is 18.4. The van der Waals surface area contributed by atoms with Crippen molar-refractivity contribution in [3.63, 3.8) is 0 Å². The van der Waals surface area contributed by atoms with Gasteiger partial charge in [-0.25, -0.2) is 12.7 Å². The van der Waals surface area contributed by atoms with Crippen molar-refractivity contribution in [2.45, 2.75) is 30.7 Å². The maximum absolute atomic E-state index is 12.1. The Morgan fingerprint density at radius 2 is 1.82 bits per heavy atom. The van der Waals surface area contributed by atoms with Crippen LogP contribution in [0.15, 0.2) is 34.2 Å². The molecule has 156 valence electrons. The molecule has 1 amide bonds. The van der Waals surface area contributed by atoms with Gasteiger partial charge in [-0.1, -0.05) is 12.1 Å². The van der Waals surface area contributed by atoms with Crippen LogP contribution in [0.5, 0.6) is 0 Å². The fraction of sp³-hybridized carbons (Fsp3) is 0.579. The Morgan fingerprint density at radius 1 is 1.21 bits per heavy atom. The quantitative estimate of drug-likeness (QED) is 0.537. The Labute approximate surface area is 168 Å². The fourth-order valence-corrected chi connectivity index (χ4v) is 4.12. The van der Waals surface area contributed by atoms with Crippen LogP contribution in [0.4, 0.5) is 0 Å². The molecule has 8 nitrogen and oxygen atoms in total. The zero-order chi connectivity index (χ0) is 20.7. The maximum atomic E-state index is 12.1. The highest BCUT2D eigenvalue weighted by molar-refractivity contribution is 7.89. The van der Waals surface area contributed by atoms with E-state index in [0.717, 1.165) is 37.5 Å². The number of hydrogen-bond acceptors (Lipinski definition) is 4. The number of hydrogen-bond donors (Lipinski definition) is 2. The van der Waals surface area contributed by atoms with Crippen LogP contribution in [0.1, 0.15) is 24.8 Å². The zero-order valence-electron chi connectivity index (χ0n) is 17.1. The number of nitrogens with zero attached hydrogens (tertiary/aromatic N) is 3. The van der Waals surface area contributed by atoms with E-state index < -0.39 is 10.0 Å². The summed E-state index contributed by atoms with van der Waals surface area (Å²) >= 11 is 0. The van der Waals surface area contributed by atoms with Crippen molar-refractivity contribution in [1.29, 1.82) is 0 Å². The molecule has 0 aromatic heterocycles. The van der Waals surface area contributed by atoms with Crippen LogP contribution in [-0.2, 0) is 21.4 Å².